The largest absolute Gasteiger partial charge is 0.467 e. The van der Waals surface area contributed by atoms with Crippen LogP contribution in [0.2, 0.25) is 0 Å². The number of nitrogens with zero attached hydrogens (tertiary/aromatic N) is 2. The van der Waals surface area contributed by atoms with Crippen LogP contribution in [-0.4, -0.2) is 47.8 Å². The van der Waals surface area contributed by atoms with E-state index in [1.54, 1.807) is 10.6 Å². The van der Waals surface area contributed by atoms with Crippen LogP contribution in [-0.2, 0) is 46.5 Å². The molecule has 0 bridgehead atoms. The van der Waals surface area contributed by atoms with Crippen molar-refractivity contribution in [2.45, 2.75) is 19.3 Å². The van der Waals surface area contributed by atoms with Crippen LogP contribution in [0.5, 0.6) is 0 Å². The van der Waals surface area contributed by atoms with Gasteiger partial charge >= 0.3 is 17.9 Å². The third kappa shape index (κ3) is 3.64. The molecule has 0 amide bonds. The Morgan fingerprint density at radius 2 is 1.94 bits per heavy atom. The first-order valence-corrected chi connectivity index (χ1v) is 10.1. The predicted octanol–water partition coefficient (Wildman–Crippen LogP) is 1.26. The van der Waals surface area contributed by atoms with E-state index in [-0.39, 0.29) is 23.3 Å². The molecule has 4 heterocycles. The number of carbonyl (C=O) groups is 3. The molecule has 33 heavy (non-hydrogen) atoms. The Morgan fingerprint density at radius 3 is 2.76 bits per heavy atom. The van der Waals surface area contributed by atoms with Gasteiger partial charge in [0.2, 0.25) is 6.10 Å². The van der Waals surface area contributed by atoms with Gasteiger partial charge < -0.3 is 23.5 Å². The second-order valence-corrected chi connectivity index (χ2v) is 7.59. The molecule has 1 atom stereocenters. The Balaban J connectivity index is 1.49. The predicted molar refractivity (Wildman–Crippen MR) is 112 cm³/mol. The van der Waals surface area contributed by atoms with E-state index >= 15 is 0 Å². The summed E-state index contributed by atoms with van der Waals surface area (Å²) in [7, 11) is 1.19. The molecule has 10 nitrogen and oxygen atoms in total. The first-order valence-electron chi connectivity index (χ1n) is 10.1. The fourth-order valence-electron chi connectivity index (χ4n) is 4.01. The summed E-state index contributed by atoms with van der Waals surface area (Å²) in [5.41, 5.74) is 3.00. The number of hydrogen-bond acceptors (Lipinski definition) is 9. The highest BCUT2D eigenvalue weighted by Gasteiger charge is 2.37. The molecule has 0 aliphatic carbocycles. The number of carbonyl (C=O) groups excluding carboxylic acids is 3. The summed E-state index contributed by atoms with van der Waals surface area (Å²) >= 11 is 0. The van der Waals surface area contributed by atoms with Crippen molar-refractivity contribution in [3.05, 3.63) is 63.4 Å². The average molecular weight is 450 g/mol. The normalized spacial score (nSPS) is 15.9. The van der Waals surface area contributed by atoms with Gasteiger partial charge in [0, 0.05) is 16.5 Å². The highest BCUT2D eigenvalue weighted by Crippen LogP contribution is 2.36. The molecule has 168 valence electrons. The monoisotopic (exact) mass is 450 g/mol. The third-order valence-electron chi connectivity index (χ3n) is 5.58. The van der Waals surface area contributed by atoms with Crippen molar-refractivity contribution in [2.75, 3.05) is 20.3 Å². The standard InChI is InChI=1S/C23H18N2O8/c1-30-18(26)10-31-11-19(27)33-21-14-7-17-20-13(6-12-4-2-3-5-16(12)24-20)8-25(17)22(28)15(14)9-32-23(21)29/h2-7,21H,8-11H2,1H3. The topological polar surface area (TPSA) is 123 Å². The van der Waals surface area contributed by atoms with Gasteiger partial charge in [-0.1, -0.05) is 18.2 Å². The lowest BCUT2D eigenvalue weighted by atomic mass is 10.00. The van der Waals surface area contributed by atoms with Gasteiger partial charge in [-0.2, -0.15) is 0 Å². The van der Waals surface area contributed by atoms with Crippen molar-refractivity contribution in [3.63, 3.8) is 0 Å². The second-order valence-electron chi connectivity index (χ2n) is 7.59. The number of methoxy groups -OCH3 is 1. The van der Waals surface area contributed by atoms with Crippen LogP contribution < -0.4 is 5.56 Å². The Bertz CT molecular complexity index is 1380. The summed E-state index contributed by atoms with van der Waals surface area (Å²) < 4.78 is 21.3. The number of ether oxygens (including phenoxy) is 4. The molecule has 0 radical (unpaired) electrons. The first kappa shape index (κ1) is 20.8. The van der Waals surface area contributed by atoms with E-state index in [0.717, 1.165) is 16.5 Å². The van der Waals surface area contributed by atoms with Gasteiger partial charge in [-0.15, -0.1) is 0 Å². The zero-order chi connectivity index (χ0) is 23.1. The molecular formula is C23H18N2O8. The minimum Gasteiger partial charge on any atom is -0.467 e. The molecular weight excluding hydrogens is 432 g/mol. The van der Waals surface area contributed by atoms with Crippen LogP contribution >= 0.6 is 0 Å². The molecule has 1 aromatic carbocycles. The van der Waals surface area contributed by atoms with Crippen molar-refractivity contribution in [3.8, 4) is 11.4 Å². The number of pyridine rings is 2. The van der Waals surface area contributed by atoms with Crippen molar-refractivity contribution in [2.24, 2.45) is 0 Å². The first-order chi connectivity index (χ1) is 16.0. The molecule has 0 spiro atoms. The van der Waals surface area contributed by atoms with Crippen molar-refractivity contribution < 1.29 is 33.3 Å². The van der Waals surface area contributed by atoms with Gasteiger partial charge in [0.15, 0.2) is 0 Å². The minimum absolute atomic E-state index is 0.216. The molecule has 0 saturated carbocycles. The lowest BCUT2D eigenvalue weighted by molar-refractivity contribution is -0.174. The van der Waals surface area contributed by atoms with Gasteiger partial charge in [-0.25, -0.2) is 19.4 Å². The quantitative estimate of drug-likeness (QED) is 0.326. The smallest absolute Gasteiger partial charge is 0.352 e. The van der Waals surface area contributed by atoms with Crippen molar-refractivity contribution in [1.29, 1.82) is 0 Å². The molecule has 10 heteroatoms. The highest BCUT2D eigenvalue weighted by atomic mass is 16.6. The number of esters is 3. The summed E-state index contributed by atoms with van der Waals surface area (Å²) in [4.78, 5) is 53.6. The van der Waals surface area contributed by atoms with E-state index < -0.39 is 37.2 Å². The highest BCUT2D eigenvalue weighted by molar-refractivity contribution is 5.86. The summed E-state index contributed by atoms with van der Waals surface area (Å²) in [5.74, 6) is -2.34. The fourth-order valence-corrected chi connectivity index (χ4v) is 4.01. The van der Waals surface area contributed by atoms with Gasteiger partial charge in [0.05, 0.1) is 36.1 Å². The maximum Gasteiger partial charge on any atom is 0.352 e. The van der Waals surface area contributed by atoms with Gasteiger partial charge in [0.1, 0.15) is 19.8 Å². The number of fused-ring (bicyclic) bond motifs is 5. The Labute approximate surface area is 186 Å². The SMILES string of the molecule is COC(=O)COCC(=O)OC1C(=O)OCc2c1cc1n(c2=O)Cc2cc3ccccc3nc2-1. The van der Waals surface area contributed by atoms with Gasteiger partial charge in [0.25, 0.3) is 5.56 Å². The molecule has 2 aromatic heterocycles. The number of cyclic esters (lactones) is 1. The second kappa shape index (κ2) is 8.14. The van der Waals surface area contributed by atoms with Crippen LogP contribution in [0.15, 0.2) is 41.2 Å². The lowest BCUT2D eigenvalue weighted by Crippen LogP contribution is -2.35. The fraction of sp³-hybridized carbons (Fsp3) is 0.261. The minimum atomic E-state index is -1.42. The number of aromatic nitrogens is 2. The summed E-state index contributed by atoms with van der Waals surface area (Å²) in [5, 5.41) is 0.958. The molecule has 1 unspecified atom stereocenters. The summed E-state index contributed by atoms with van der Waals surface area (Å²) in [6.07, 6.45) is -1.42. The van der Waals surface area contributed by atoms with E-state index in [1.807, 2.05) is 30.3 Å². The Morgan fingerprint density at radius 1 is 1.15 bits per heavy atom. The van der Waals surface area contributed by atoms with Gasteiger partial charge in [-0.3, -0.25) is 4.79 Å². The van der Waals surface area contributed by atoms with Crippen LogP contribution in [0, 0.1) is 0 Å². The zero-order valence-electron chi connectivity index (χ0n) is 17.5. The maximum absolute atomic E-state index is 13.2. The third-order valence-corrected chi connectivity index (χ3v) is 5.58. The molecule has 0 fully saturated rings. The van der Waals surface area contributed by atoms with E-state index in [9.17, 15) is 19.2 Å². The van der Waals surface area contributed by atoms with E-state index in [2.05, 4.69) is 4.74 Å². The van der Waals surface area contributed by atoms with E-state index in [0.29, 0.717) is 17.9 Å². The Hall–Kier alpha value is -4.05. The molecule has 5 rings (SSSR count). The number of hydrogen-bond donors (Lipinski definition) is 0. The number of para-hydroxylation sites is 1. The molecule has 0 N–H and O–H groups in total. The van der Waals surface area contributed by atoms with E-state index in [1.165, 1.54) is 7.11 Å². The number of rotatable bonds is 5. The molecule has 3 aromatic rings. The van der Waals surface area contributed by atoms with Crippen LogP contribution in [0.1, 0.15) is 22.8 Å². The van der Waals surface area contributed by atoms with Crippen molar-refractivity contribution >= 4 is 28.8 Å². The molecule has 2 aliphatic rings. The van der Waals surface area contributed by atoms with Crippen LogP contribution in [0.3, 0.4) is 0 Å². The average Bonchev–Trinajstić information content (AvgIpc) is 3.17. The maximum atomic E-state index is 13.2. The molecule has 0 saturated heterocycles. The zero-order valence-corrected chi connectivity index (χ0v) is 17.5. The lowest BCUT2D eigenvalue weighted by Gasteiger charge is -2.25. The Kier molecular flexibility index (Phi) is 5.14. The molecule has 2 aliphatic heterocycles. The summed E-state index contributed by atoms with van der Waals surface area (Å²) in [6, 6.07) is 11.3. The van der Waals surface area contributed by atoms with Gasteiger partial charge in [-0.05, 0) is 18.2 Å². The summed E-state index contributed by atoms with van der Waals surface area (Å²) in [6.45, 7) is -0.891. The van der Waals surface area contributed by atoms with E-state index in [4.69, 9.17) is 19.2 Å². The van der Waals surface area contributed by atoms with Crippen LogP contribution in [0.4, 0.5) is 0 Å². The van der Waals surface area contributed by atoms with Crippen molar-refractivity contribution in [1.82, 2.24) is 9.55 Å². The number of benzene rings is 1. The van der Waals surface area contributed by atoms with Crippen LogP contribution in [0.25, 0.3) is 22.3 Å².